The van der Waals surface area contributed by atoms with Crippen LogP contribution in [-0.4, -0.2) is 97.5 Å². The van der Waals surface area contributed by atoms with Gasteiger partial charge in [-0.1, -0.05) is 74.5 Å². The number of Topliss-reactive ketones (excluding diaryl/α,β-unsaturated/α-hetero) is 1. The maximum atomic E-state index is 14.5. The third-order valence-electron chi connectivity index (χ3n) is 10.2. The van der Waals surface area contributed by atoms with E-state index in [-0.39, 0.29) is 60.5 Å². The number of piperidine rings is 1. The molecule has 0 bridgehead atoms. The van der Waals surface area contributed by atoms with Gasteiger partial charge in [0.25, 0.3) is 15.9 Å². The van der Waals surface area contributed by atoms with Crippen LogP contribution in [0.2, 0.25) is 0 Å². The molecule has 15 heteroatoms. The van der Waals surface area contributed by atoms with Gasteiger partial charge < -0.3 is 26.2 Å². The molecule has 1 saturated heterocycles. The third-order valence-corrected chi connectivity index (χ3v) is 13.5. The molecule has 4 N–H and O–H groups in total. The van der Waals surface area contributed by atoms with Gasteiger partial charge in [-0.2, -0.15) is 4.31 Å². The van der Waals surface area contributed by atoms with Crippen molar-refractivity contribution in [3.63, 3.8) is 0 Å². The predicted octanol–water partition coefficient (Wildman–Crippen LogP) is 3.14. The summed E-state index contributed by atoms with van der Waals surface area (Å²) < 4.78 is 28.3. The Morgan fingerprint density at radius 1 is 1.12 bits per heavy atom. The second-order valence-electron chi connectivity index (χ2n) is 16.3. The molecule has 0 aromatic carbocycles. The van der Waals surface area contributed by atoms with Crippen LogP contribution in [0.1, 0.15) is 75.2 Å². The van der Waals surface area contributed by atoms with Gasteiger partial charge in [0.2, 0.25) is 17.6 Å². The molecule has 288 valence electrons. The number of thiophene rings is 1. The molecule has 6 atom stereocenters. The van der Waals surface area contributed by atoms with E-state index < -0.39 is 74.6 Å². The number of nitrogens with one attached hydrogen (secondary N) is 4. The fraction of sp³-hybridized carbons (Fsp3) is 0.649. The fourth-order valence-corrected chi connectivity index (χ4v) is 9.40. The first-order chi connectivity index (χ1) is 24.0. The Labute approximate surface area is 313 Å². The number of ketones is 1. The molecule has 5 amide bonds. The maximum Gasteiger partial charge on any atom is 0.315 e. The summed E-state index contributed by atoms with van der Waals surface area (Å²) in [5, 5.41) is 12.6. The van der Waals surface area contributed by atoms with Gasteiger partial charge in [0.15, 0.2) is 0 Å². The number of carbonyl (C=O) groups is 5. The van der Waals surface area contributed by atoms with Crippen LogP contribution in [0.25, 0.3) is 0 Å². The summed E-state index contributed by atoms with van der Waals surface area (Å²) in [7, 11) is -3.80. The minimum atomic E-state index is -3.80. The Morgan fingerprint density at radius 2 is 1.77 bits per heavy atom. The number of fused-ring (bicyclic) bond motifs is 1. The van der Waals surface area contributed by atoms with Crippen LogP contribution in [-0.2, 0) is 29.2 Å². The second kappa shape index (κ2) is 16.5. The summed E-state index contributed by atoms with van der Waals surface area (Å²) in [6, 6.07) is -1.32. The number of likely N-dealkylation sites (tertiary alicyclic amines) is 1. The molecule has 1 aliphatic heterocycles. The number of hydrogen-bond donors (Lipinski definition) is 4. The van der Waals surface area contributed by atoms with E-state index in [1.54, 1.807) is 45.2 Å². The van der Waals surface area contributed by atoms with Crippen molar-refractivity contribution >= 4 is 50.9 Å². The first-order valence-corrected chi connectivity index (χ1v) is 19.9. The first-order valence-electron chi connectivity index (χ1n) is 17.6. The number of likely N-dealkylation sites (N-methyl/N-ethyl adjacent to an activating group) is 1. The lowest BCUT2D eigenvalue weighted by atomic mass is 9.85. The zero-order valence-corrected chi connectivity index (χ0v) is 33.5. The predicted molar refractivity (Wildman–Crippen MR) is 201 cm³/mol. The molecule has 3 rings (SSSR count). The molecule has 2 heterocycles. The van der Waals surface area contributed by atoms with Gasteiger partial charge in [0.1, 0.15) is 16.3 Å². The number of rotatable bonds is 16. The van der Waals surface area contributed by atoms with Crippen LogP contribution >= 0.6 is 11.3 Å². The van der Waals surface area contributed by atoms with Crippen molar-refractivity contribution in [2.75, 3.05) is 26.2 Å². The molecule has 1 saturated carbocycles. The van der Waals surface area contributed by atoms with Gasteiger partial charge in [-0.25, -0.2) is 13.2 Å². The Morgan fingerprint density at radius 3 is 2.29 bits per heavy atom. The van der Waals surface area contributed by atoms with E-state index in [4.69, 9.17) is 6.42 Å². The Hall–Kier alpha value is -3.74. The Bertz CT molecular complexity index is 1650. The standard InChI is InChI=1S/C37H56N6O7S2/c1-12-15-17-24(29(44)32(46)38-19-13-2)39-31(45)28-27-23(37(27,10)11)21-43(28)33(47)30(36(7,8)9)41-34(48)40-25(35(4,5)6)22-42(14-3)52(49,50)26-18-16-20-51-26/h1,13,16,18,20,23-25,27-28,30H,2,14-15,17,19,21-22H2,3-11H3,(H,38,46)(H,39,45)(H2,40,41,48)/t23-,24?,25+,27-,28-,30+/m0/s1. The normalized spacial score (nSPS) is 21.2. The number of sulfonamides is 1. The van der Waals surface area contributed by atoms with E-state index in [1.165, 1.54) is 15.3 Å². The number of amides is 5. The monoisotopic (exact) mass is 760 g/mol. The quantitative estimate of drug-likeness (QED) is 0.114. The zero-order chi connectivity index (χ0) is 39.4. The van der Waals surface area contributed by atoms with Crippen LogP contribution in [0.4, 0.5) is 4.79 Å². The van der Waals surface area contributed by atoms with Gasteiger partial charge in [-0.05, 0) is 45.9 Å². The summed E-state index contributed by atoms with van der Waals surface area (Å²) >= 11 is 1.12. The highest BCUT2D eigenvalue weighted by atomic mass is 32.2. The topological polar surface area (TPSA) is 174 Å². The molecule has 1 aromatic heterocycles. The van der Waals surface area contributed by atoms with Gasteiger partial charge >= 0.3 is 6.03 Å². The molecule has 0 radical (unpaired) electrons. The van der Waals surface area contributed by atoms with Crippen LogP contribution in [0.15, 0.2) is 34.4 Å². The number of terminal acetylenes is 1. The lowest BCUT2D eigenvalue weighted by Crippen LogP contribution is -2.62. The van der Waals surface area contributed by atoms with Gasteiger partial charge in [-0.15, -0.1) is 30.3 Å². The zero-order valence-electron chi connectivity index (χ0n) is 31.9. The summed E-state index contributed by atoms with van der Waals surface area (Å²) in [5.74, 6) is -0.534. The summed E-state index contributed by atoms with van der Waals surface area (Å²) in [6.07, 6.45) is 7.03. The lowest BCUT2D eigenvalue weighted by Gasteiger charge is -2.39. The number of nitrogens with zero attached hydrogens (tertiary/aromatic N) is 2. The molecule has 52 heavy (non-hydrogen) atoms. The molecule has 1 aromatic rings. The van der Waals surface area contributed by atoms with Crippen molar-refractivity contribution in [1.29, 1.82) is 0 Å². The highest BCUT2D eigenvalue weighted by Gasteiger charge is 2.70. The van der Waals surface area contributed by atoms with Crippen molar-refractivity contribution in [3.8, 4) is 12.3 Å². The number of urea groups is 1. The molecule has 2 fully saturated rings. The minimum absolute atomic E-state index is 0.000226. The van der Waals surface area contributed by atoms with Crippen LogP contribution in [0.3, 0.4) is 0 Å². The SMILES string of the molecule is C#CCCC(NC(=O)[C@@H]1[C@@H]2[C@H](CN1C(=O)[C@@H](NC(=O)N[C@H](CN(CC)S(=O)(=O)c1cccs1)C(C)(C)C)C(C)(C)C)C2(C)C)C(=O)C(=O)NCC=C. The van der Waals surface area contributed by atoms with Crippen molar-refractivity contribution in [2.24, 2.45) is 28.1 Å². The first kappa shape index (κ1) is 42.7. The molecule has 0 spiro atoms. The second-order valence-corrected chi connectivity index (χ2v) is 19.4. The summed E-state index contributed by atoms with van der Waals surface area (Å²) in [5.41, 5.74) is -1.63. The van der Waals surface area contributed by atoms with E-state index >= 15 is 0 Å². The van der Waals surface area contributed by atoms with E-state index in [0.29, 0.717) is 0 Å². The van der Waals surface area contributed by atoms with E-state index in [2.05, 4.69) is 33.8 Å². The number of hydrogen-bond acceptors (Lipinski definition) is 8. The average molecular weight is 761 g/mol. The minimum Gasteiger partial charge on any atom is -0.346 e. The fourth-order valence-electron chi connectivity index (χ4n) is 6.80. The van der Waals surface area contributed by atoms with Crippen molar-refractivity contribution in [1.82, 2.24) is 30.5 Å². The Balaban J connectivity index is 1.85. The smallest absolute Gasteiger partial charge is 0.315 e. The van der Waals surface area contributed by atoms with Crippen LogP contribution in [0.5, 0.6) is 0 Å². The van der Waals surface area contributed by atoms with Crippen molar-refractivity contribution in [2.45, 2.75) is 104 Å². The lowest BCUT2D eigenvalue weighted by molar-refractivity contribution is -0.145. The van der Waals surface area contributed by atoms with Crippen LogP contribution in [0, 0.1) is 40.4 Å². The average Bonchev–Trinajstić information content (AvgIpc) is 3.51. The molecule has 1 unspecified atom stereocenters. The third kappa shape index (κ3) is 9.62. The summed E-state index contributed by atoms with van der Waals surface area (Å²) in [4.78, 5) is 69.3. The van der Waals surface area contributed by atoms with E-state index in [9.17, 15) is 32.4 Å². The van der Waals surface area contributed by atoms with Crippen molar-refractivity contribution in [3.05, 3.63) is 30.2 Å². The number of carbonyl (C=O) groups excluding carboxylic acids is 5. The molecular weight excluding hydrogens is 705 g/mol. The largest absolute Gasteiger partial charge is 0.346 e. The van der Waals surface area contributed by atoms with Crippen molar-refractivity contribution < 1.29 is 32.4 Å². The molecular formula is C37H56N6O7S2. The summed E-state index contributed by atoms with van der Waals surface area (Å²) in [6.45, 7) is 20.9. The van der Waals surface area contributed by atoms with Gasteiger partial charge in [-0.3, -0.25) is 19.2 Å². The Kier molecular flexibility index (Phi) is 13.6. The van der Waals surface area contributed by atoms with E-state index in [1.807, 2.05) is 34.6 Å². The van der Waals surface area contributed by atoms with E-state index in [0.717, 1.165) is 11.3 Å². The molecule has 2 aliphatic rings. The van der Waals surface area contributed by atoms with Gasteiger partial charge in [0, 0.05) is 38.6 Å². The highest BCUT2D eigenvalue weighted by molar-refractivity contribution is 7.91. The molecule has 1 aliphatic carbocycles. The molecule has 13 nitrogen and oxygen atoms in total. The van der Waals surface area contributed by atoms with Gasteiger partial charge in [0.05, 0.1) is 6.04 Å². The van der Waals surface area contributed by atoms with Crippen LogP contribution < -0.4 is 21.3 Å². The maximum absolute atomic E-state index is 14.5. The highest BCUT2D eigenvalue weighted by Crippen LogP contribution is 2.65.